The summed E-state index contributed by atoms with van der Waals surface area (Å²) >= 11 is 3.54. The van der Waals surface area contributed by atoms with E-state index < -0.39 is 0 Å². The lowest BCUT2D eigenvalue weighted by Crippen LogP contribution is -2.07. The Morgan fingerprint density at radius 2 is 0.926 bits per heavy atom. The van der Waals surface area contributed by atoms with Gasteiger partial charge in [-0.05, 0) is 69.5 Å². The van der Waals surface area contributed by atoms with E-state index in [4.69, 9.17) is 0 Å². The monoisotopic (exact) mass is 410 g/mol. The Bertz CT molecular complexity index is 1110. The first-order valence-corrected chi connectivity index (χ1v) is 10.2. The standard InChI is InChI=1S/C26H19Br/c27-20-14-12-19(13-15-20)22-9-5-11-24-23-10-4-8-21(18-6-2-1-3-7-18)25(23)16-17-26(22)24/h1-15H,16-17H2. The summed E-state index contributed by atoms with van der Waals surface area (Å²) in [5, 5.41) is 0. The molecule has 0 amide bonds. The highest BCUT2D eigenvalue weighted by Crippen LogP contribution is 2.42. The smallest absolute Gasteiger partial charge is 0.0175 e. The van der Waals surface area contributed by atoms with Gasteiger partial charge in [-0.2, -0.15) is 0 Å². The molecule has 0 aromatic heterocycles. The van der Waals surface area contributed by atoms with E-state index in [-0.39, 0.29) is 0 Å². The van der Waals surface area contributed by atoms with E-state index in [0.29, 0.717) is 0 Å². The molecule has 27 heavy (non-hydrogen) atoms. The minimum absolute atomic E-state index is 1.08. The molecular weight excluding hydrogens is 392 g/mol. The first-order chi connectivity index (χ1) is 13.3. The number of benzene rings is 4. The lowest BCUT2D eigenvalue weighted by molar-refractivity contribution is 0.946. The summed E-state index contributed by atoms with van der Waals surface area (Å²) in [7, 11) is 0. The molecule has 0 nitrogen and oxygen atoms in total. The quantitative estimate of drug-likeness (QED) is 0.319. The lowest BCUT2D eigenvalue weighted by Gasteiger charge is -2.25. The topological polar surface area (TPSA) is 0 Å². The van der Waals surface area contributed by atoms with Gasteiger partial charge in [0.15, 0.2) is 0 Å². The van der Waals surface area contributed by atoms with Crippen molar-refractivity contribution in [2.24, 2.45) is 0 Å². The van der Waals surface area contributed by atoms with Crippen molar-refractivity contribution in [1.82, 2.24) is 0 Å². The second-order valence-corrected chi connectivity index (χ2v) is 7.95. The molecule has 4 aromatic rings. The van der Waals surface area contributed by atoms with Crippen molar-refractivity contribution in [1.29, 1.82) is 0 Å². The summed E-state index contributed by atoms with van der Waals surface area (Å²) in [6, 6.07) is 32.9. The Labute approximate surface area is 168 Å². The molecule has 0 bridgehead atoms. The largest absolute Gasteiger partial charge is 0.0622 e. The van der Waals surface area contributed by atoms with Crippen LogP contribution in [0.2, 0.25) is 0 Å². The van der Waals surface area contributed by atoms with Crippen LogP contribution < -0.4 is 0 Å². The van der Waals surface area contributed by atoms with Crippen LogP contribution in [-0.2, 0) is 12.8 Å². The Morgan fingerprint density at radius 1 is 0.444 bits per heavy atom. The van der Waals surface area contributed by atoms with Crippen LogP contribution in [0.25, 0.3) is 33.4 Å². The minimum atomic E-state index is 1.08. The number of fused-ring (bicyclic) bond motifs is 3. The molecular formula is C26H19Br. The fraction of sp³-hybridized carbons (Fsp3) is 0.0769. The summed E-state index contributed by atoms with van der Waals surface area (Å²) in [6.07, 6.45) is 2.17. The molecule has 0 heterocycles. The van der Waals surface area contributed by atoms with E-state index in [9.17, 15) is 0 Å². The van der Waals surface area contributed by atoms with Crippen LogP contribution in [0.5, 0.6) is 0 Å². The minimum Gasteiger partial charge on any atom is -0.0622 e. The Kier molecular flexibility index (Phi) is 4.18. The van der Waals surface area contributed by atoms with Crippen LogP contribution >= 0.6 is 15.9 Å². The van der Waals surface area contributed by atoms with Gasteiger partial charge in [-0.25, -0.2) is 0 Å². The van der Waals surface area contributed by atoms with Gasteiger partial charge >= 0.3 is 0 Å². The summed E-state index contributed by atoms with van der Waals surface area (Å²) in [5.41, 5.74) is 11.0. The molecule has 4 aromatic carbocycles. The van der Waals surface area contributed by atoms with Crippen molar-refractivity contribution in [2.75, 3.05) is 0 Å². The maximum absolute atomic E-state index is 3.54. The molecule has 1 aliphatic carbocycles. The van der Waals surface area contributed by atoms with Crippen LogP contribution in [0.1, 0.15) is 11.1 Å². The van der Waals surface area contributed by atoms with E-state index in [1.807, 2.05) is 0 Å². The molecule has 0 fully saturated rings. The Hall–Kier alpha value is -2.64. The third-order valence-corrected chi connectivity index (χ3v) is 6.04. The van der Waals surface area contributed by atoms with Gasteiger partial charge in [-0.15, -0.1) is 0 Å². The maximum atomic E-state index is 3.54. The fourth-order valence-corrected chi connectivity index (χ4v) is 4.52. The highest BCUT2D eigenvalue weighted by Gasteiger charge is 2.21. The number of hydrogen-bond donors (Lipinski definition) is 0. The maximum Gasteiger partial charge on any atom is 0.0175 e. The highest BCUT2D eigenvalue weighted by molar-refractivity contribution is 9.10. The summed E-state index contributed by atoms with van der Waals surface area (Å²) in [4.78, 5) is 0. The van der Waals surface area contributed by atoms with Crippen LogP contribution in [-0.4, -0.2) is 0 Å². The molecule has 0 unspecified atom stereocenters. The third kappa shape index (κ3) is 2.93. The van der Waals surface area contributed by atoms with Crippen LogP contribution in [0.3, 0.4) is 0 Å². The predicted octanol–water partition coefficient (Wildman–Crippen LogP) is 7.55. The molecule has 0 atom stereocenters. The van der Waals surface area contributed by atoms with Crippen LogP contribution in [0, 0.1) is 0 Å². The van der Waals surface area contributed by atoms with Gasteiger partial charge in [0.2, 0.25) is 0 Å². The molecule has 0 radical (unpaired) electrons. The molecule has 0 saturated heterocycles. The van der Waals surface area contributed by atoms with Crippen LogP contribution in [0.4, 0.5) is 0 Å². The molecule has 5 rings (SSSR count). The van der Waals surface area contributed by atoms with Crippen molar-refractivity contribution in [3.05, 3.63) is 107 Å². The first kappa shape index (κ1) is 16.5. The molecule has 130 valence electrons. The van der Waals surface area contributed by atoms with E-state index >= 15 is 0 Å². The zero-order valence-electron chi connectivity index (χ0n) is 15.0. The lowest BCUT2D eigenvalue weighted by atomic mass is 9.79. The zero-order chi connectivity index (χ0) is 18.2. The number of rotatable bonds is 2. The highest BCUT2D eigenvalue weighted by atomic mass is 79.9. The molecule has 0 saturated carbocycles. The normalized spacial score (nSPS) is 12.3. The van der Waals surface area contributed by atoms with Crippen molar-refractivity contribution in [2.45, 2.75) is 12.8 Å². The Balaban J connectivity index is 1.68. The van der Waals surface area contributed by atoms with Gasteiger partial charge in [-0.3, -0.25) is 0 Å². The molecule has 0 N–H and O–H groups in total. The van der Waals surface area contributed by atoms with Gasteiger partial charge in [-0.1, -0.05) is 94.8 Å². The predicted molar refractivity (Wildman–Crippen MR) is 118 cm³/mol. The van der Waals surface area contributed by atoms with Crippen molar-refractivity contribution < 1.29 is 0 Å². The van der Waals surface area contributed by atoms with E-state index in [1.165, 1.54) is 44.5 Å². The van der Waals surface area contributed by atoms with Crippen molar-refractivity contribution in [3.8, 4) is 33.4 Å². The summed E-state index contributed by atoms with van der Waals surface area (Å²) in [6.45, 7) is 0. The summed E-state index contributed by atoms with van der Waals surface area (Å²) in [5.74, 6) is 0. The fourth-order valence-electron chi connectivity index (χ4n) is 4.26. The molecule has 0 aliphatic heterocycles. The average Bonchev–Trinajstić information content (AvgIpc) is 2.74. The zero-order valence-corrected chi connectivity index (χ0v) is 16.5. The molecule has 0 spiro atoms. The van der Waals surface area contributed by atoms with E-state index in [2.05, 4.69) is 107 Å². The average molecular weight is 411 g/mol. The molecule has 1 aliphatic rings. The first-order valence-electron chi connectivity index (χ1n) is 9.37. The number of halogens is 1. The second kappa shape index (κ2) is 6.83. The van der Waals surface area contributed by atoms with Gasteiger partial charge in [0.25, 0.3) is 0 Å². The van der Waals surface area contributed by atoms with Gasteiger partial charge in [0.1, 0.15) is 0 Å². The van der Waals surface area contributed by atoms with Crippen molar-refractivity contribution in [3.63, 3.8) is 0 Å². The van der Waals surface area contributed by atoms with E-state index in [1.54, 1.807) is 0 Å². The SMILES string of the molecule is Brc1ccc(-c2cccc3c2CCc2c(-c4ccccc4)cccc2-3)cc1. The van der Waals surface area contributed by atoms with Crippen LogP contribution in [0.15, 0.2) is 95.5 Å². The van der Waals surface area contributed by atoms with Gasteiger partial charge in [0.05, 0.1) is 0 Å². The third-order valence-electron chi connectivity index (χ3n) is 5.51. The Morgan fingerprint density at radius 3 is 1.48 bits per heavy atom. The number of hydrogen-bond acceptors (Lipinski definition) is 0. The second-order valence-electron chi connectivity index (χ2n) is 7.04. The summed E-state index contributed by atoms with van der Waals surface area (Å²) < 4.78 is 1.12. The van der Waals surface area contributed by atoms with Gasteiger partial charge < -0.3 is 0 Å². The molecule has 1 heteroatoms. The van der Waals surface area contributed by atoms with Crippen molar-refractivity contribution >= 4 is 15.9 Å². The van der Waals surface area contributed by atoms with Gasteiger partial charge in [0, 0.05) is 4.47 Å². The van der Waals surface area contributed by atoms with E-state index in [0.717, 1.165) is 17.3 Å².